The Kier molecular flexibility index (Phi) is 4.88. The minimum absolute atomic E-state index is 0. The van der Waals surface area contributed by atoms with E-state index < -0.39 is 0 Å². The predicted molar refractivity (Wildman–Crippen MR) is 40.2 cm³/mol. The molecule has 0 saturated heterocycles. The van der Waals surface area contributed by atoms with Gasteiger partial charge in [0.2, 0.25) is 5.91 Å². The summed E-state index contributed by atoms with van der Waals surface area (Å²) in [7, 11) is 0. The molecule has 0 aromatic rings. The smallest absolute Gasteiger partial charge is 0.243 e. The van der Waals surface area contributed by atoms with Crippen molar-refractivity contribution in [3.8, 4) is 0 Å². The van der Waals surface area contributed by atoms with Gasteiger partial charge in [0.1, 0.15) is 0 Å². The molecule has 0 spiro atoms. The molecule has 0 radical (unpaired) electrons. The van der Waals surface area contributed by atoms with E-state index >= 15 is 0 Å². The fourth-order valence-electron chi connectivity index (χ4n) is 0.461. The summed E-state index contributed by atoms with van der Waals surface area (Å²) in [4.78, 5) is 10.5. The van der Waals surface area contributed by atoms with Crippen molar-refractivity contribution in [1.29, 1.82) is 0 Å². The van der Waals surface area contributed by atoms with Crippen molar-refractivity contribution in [2.45, 2.75) is 19.8 Å². The Morgan fingerprint density at radius 2 is 2.56 bits per heavy atom. The number of carbonyl (C=O) groups is 1. The Morgan fingerprint density at radius 3 is 3.00 bits per heavy atom. The normalized spacial score (nSPS) is 8.56. The number of amides is 1. The number of unbranched alkanes of at least 4 members (excludes halogenated alkanes) is 1. The summed E-state index contributed by atoms with van der Waals surface area (Å²) in [5, 5.41) is 2.68. The topological polar surface area (TPSA) is 29.1 Å². The van der Waals surface area contributed by atoms with Gasteiger partial charge in [0.15, 0.2) is 0 Å². The fraction of sp³-hybridized carbons (Fsp3) is 0.571. The summed E-state index contributed by atoms with van der Waals surface area (Å²) in [5.41, 5.74) is 0. The van der Waals surface area contributed by atoms with E-state index in [1.165, 1.54) is 6.08 Å². The fourth-order valence-corrected chi connectivity index (χ4v) is 0.461. The minimum Gasteiger partial charge on any atom is -0.353 e. The lowest BCUT2D eigenvalue weighted by molar-refractivity contribution is -0.116. The van der Waals surface area contributed by atoms with Gasteiger partial charge in [-0.15, -0.1) is 0 Å². The van der Waals surface area contributed by atoms with Gasteiger partial charge in [0, 0.05) is 7.97 Å². The maximum Gasteiger partial charge on any atom is 0.243 e. The number of hydrogen-bond acceptors (Lipinski definition) is 1. The molecule has 0 bridgehead atoms. The molecule has 0 fully saturated rings. The van der Waals surface area contributed by atoms with Crippen LogP contribution in [0.4, 0.5) is 0 Å². The Balaban J connectivity index is 0. The summed E-state index contributed by atoms with van der Waals surface area (Å²) in [6.07, 6.45) is 3.44. The van der Waals surface area contributed by atoms with Crippen molar-refractivity contribution < 1.29 is 6.22 Å². The van der Waals surface area contributed by atoms with Gasteiger partial charge in [0.25, 0.3) is 0 Å². The summed E-state index contributed by atoms with van der Waals surface area (Å²) in [5.74, 6) is -0.0801. The highest BCUT2D eigenvalue weighted by atomic mass is 16.1. The van der Waals surface area contributed by atoms with Gasteiger partial charge in [-0.1, -0.05) is 19.9 Å². The van der Waals surface area contributed by atoms with Crippen LogP contribution in [0.3, 0.4) is 0 Å². The van der Waals surface area contributed by atoms with Gasteiger partial charge in [-0.05, 0) is 12.5 Å². The number of nitrogens with one attached hydrogen (secondary N) is 1. The second-order valence-corrected chi connectivity index (χ2v) is 1.85. The number of carbonyl (C=O) groups excluding carboxylic acids is 1. The molecule has 9 heavy (non-hydrogen) atoms. The molecule has 54 valence electrons. The molecule has 0 aromatic carbocycles. The quantitative estimate of drug-likeness (QED) is 0.450. The molecule has 0 rings (SSSR count). The Hall–Kier alpha value is -0.790. The molecule has 2 nitrogen and oxygen atoms in total. The van der Waals surface area contributed by atoms with Crippen LogP contribution in [0.5, 0.6) is 0 Å². The van der Waals surface area contributed by atoms with Gasteiger partial charge in [-0.2, -0.15) is 0 Å². The molecule has 0 heterocycles. The zero-order chi connectivity index (χ0) is 7.11. The van der Waals surface area contributed by atoms with E-state index in [0.717, 1.165) is 19.4 Å². The molecular weight excluding hydrogens is 114 g/mol. The van der Waals surface area contributed by atoms with Gasteiger partial charge < -0.3 is 5.32 Å². The van der Waals surface area contributed by atoms with Gasteiger partial charge in [-0.25, -0.2) is 0 Å². The second kappa shape index (κ2) is 5.35. The van der Waals surface area contributed by atoms with E-state index in [-0.39, 0.29) is 7.33 Å². The molecule has 0 unspecified atom stereocenters. The van der Waals surface area contributed by atoms with Gasteiger partial charge in [0.05, 0.1) is 0 Å². The van der Waals surface area contributed by atoms with Crippen LogP contribution < -0.4 is 5.32 Å². The van der Waals surface area contributed by atoms with E-state index in [2.05, 4.69) is 18.8 Å². The number of rotatable bonds is 4. The third-order valence-corrected chi connectivity index (χ3v) is 1.01. The second-order valence-electron chi connectivity index (χ2n) is 1.85. The Labute approximate surface area is 57.4 Å². The summed E-state index contributed by atoms with van der Waals surface area (Å²) in [6.45, 7) is 6.18. The molecule has 0 aliphatic carbocycles. The zero-order valence-electron chi connectivity index (χ0n) is 5.81. The first-order valence-electron chi connectivity index (χ1n) is 3.21. The van der Waals surface area contributed by atoms with Crippen LogP contribution in [0, 0.1) is 0 Å². The van der Waals surface area contributed by atoms with E-state index in [0.29, 0.717) is 0 Å². The van der Waals surface area contributed by atoms with Crippen LogP contribution in [0.15, 0.2) is 12.7 Å². The zero-order valence-corrected chi connectivity index (χ0v) is 5.81. The van der Waals surface area contributed by atoms with Crippen molar-refractivity contribution in [3.63, 3.8) is 0 Å². The van der Waals surface area contributed by atoms with Crippen molar-refractivity contribution >= 4 is 5.91 Å². The van der Waals surface area contributed by atoms with Crippen LogP contribution >= 0.6 is 0 Å². The Bertz CT molecular complexity index is 104. The molecule has 1 N–H and O–H groups in total. The van der Waals surface area contributed by atoms with Gasteiger partial charge in [-0.3, -0.25) is 4.79 Å². The highest BCUT2D eigenvalue weighted by Crippen LogP contribution is 1.81. The SMILES string of the molecule is C=CC(=O)NCCCC.[HH]. The lowest BCUT2D eigenvalue weighted by atomic mass is 10.3. The first-order chi connectivity index (χ1) is 4.31. The molecule has 2 heteroatoms. The summed E-state index contributed by atoms with van der Waals surface area (Å²) < 4.78 is 0. The van der Waals surface area contributed by atoms with E-state index in [1.54, 1.807) is 0 Å². The summed E-state index contributed by atoms with van der Waals surface area (Å²) in [6, 6.07) is 0. The van der Waals surface area contributed by atoms with E-state index in [9.17, 15) is 4.79 Å². The van der Waals surface area contributed by atoms with Crippen LogP contribution in [0.25, 0.3) is 0 Å². The third kappa shape index (κ3) is 5.07. The average molecular weight is 129 g/mol. The minimum atomic E-state index is -0.0801. The van der Waals surface area contributed by atoms with Crippen LogP contribution in [0.1, 0.15) is 21.2 Å². The first kappa shape index (κ1) is 8.21. The van der Waals surface area contributed by atoms with E-state index in [1.807, 2.05) is 0 Å². The standard InChI is InChI=1S/C7H13NO.H2/c1-3-5-6-8-7(9)4-2;/h4H,2-3,5-6H2,1H3,(H,8,9);1H. The maximum absolute atomic E-state index is 10.5. The van der Waals surface area contributed by atoms with Crippen molar-refractivity contribution in [2.75, 3.05) is 6.54 Å². The molecule has 0 aliphatic heterocycles. The molecular formula is C7H15NO. The van der Waals surface area contributed by atoms with Crippen molar-refractivity contribution in [1.82, 2.24) is 5.32 Å². The molecule has 0 aliphatic rings. The molecule has 0 saturated carbocycles. The summed E-state index contributed by atoms with van der Waals surface area (Å²) >= 11 is 0. The van der Waals surface area contributed by atoms with Gasteiger partial charge >= 0.3 is 0 Å². The van der Waals surface area contributed by atoms with Crippen LogP contribution in [-0.2, 0) is 4.79 Å². The number of hydrogen-bond donors (Lipinski definition) is 1. The average Bonchev–Trinajstić information content (AvgIpc) is 1.89. The van der Waals surface area contributed by atoms with Crippen molar-refractivity contribution in [2.24, 2.45) is 0 Å². The highest BCUT2D eigenvalue weighted by molar-refractivity contribution is 5.86. The first-order valence-corrected chi connectivity index (χ1v) is 3.21. The third-order valence-electron chi connectivity index (χ3n) is 1.01. The monoisotopic (exact) mass is 129 g/mol. The molecule has 0 aromatic heterocycles. The lowest BCUT2D eigenvalue weighted by Gasteiger charge is -1.97. The van der Waals surface area contributed by atoms with E-state index in [4.69, 9.17) is 0 Å². The van der Waals surface area contributed by atoms with Crippen LogP contribution in [-0.4, -0.2) is 12.5 Å². The Morgan fingerprint density at radius 1 is 1.89 bits per heavy atom. The largest absolute Gasteiger partial charge is 0.353 e. The molecule has 1 amide bonds. The lowest BCUT2D eigenvalue weighted by Crippen LogP contribution is -2.21. The molecule has 0 atom stereocenters. The van der Waals surface area contributed by atoms with Crippen molar-refractivity contribution in [3.05, 3.63) is 12.7 Å². The predicted octanol–water partition coefficient (Wildman–Crippen LogP) is 1.33. The highest BCUT2D eigenvalue weighted by Gasteiger charge is 1.88. The van der Waals surface area contributed by atoms with Crippen LogP contribution in [0.2, 0.25) is 0 Å². The maximum atomic E-state index is 10.5.